The van der Waals surface area contributed by atoms with Crippen molar-refractivity contribution < 1.29 is 18.8 Å². The minimum atomic E-state index is -0.0977. The van der Waals surface area contributed by atoms with Crippen molar-refractivity contribution >= 4 is 17.2 Å². The zero-order valence-electron chi connectivity index (χ0n) is 18.3. The van der Waals surface area contributed by atoms with E-state index in [1.165, 1.54) is 0 Å². The van der Waals surface area contributed by atoms with Gasteiger partial charge < -0.3 is 19.3 Å². The Morgan fingerprint density at radius 3 is 2.75 bits per heavy atom. The van der Waals surface area contributed by atoms with E-state index >= 15 is 0 Å². The molecule has 0 radical (unpaired) electrons. The number of hydrogen-bond acceptors (Lipinski definition) is 8. The van der Waals surface area contributed by atoms with Crippen LogP contribution in [0.4, 0.5) is 0 Å². The molecule has 0 saturated carbocycles. The van der Waals surface area contributed by atoms with Gasteiger partial charge in [0.05, 0.1) is 24.6 Å². The average Bonchev–Trinajstić information content (AvgIpc) is 3.50. The number of carbonyl (C=O) groups excluding carboxylic acids is 1. The van der Waals surface area contributed by atoms with Gasteiger partial charge in [0.2, 0.25) is 17.6 Å². The zero-order valence-corrected chi connectivity index (χ0v) is 19.1. The number of carbonyl (C=O) groups is 1. The highest BCUT2D eigenvalue weighted by Gasteiger charge is 2.27. The summed E-state index contributed by atoms with van der Waals surface area (Å²) in [7, 11) is 1.61. The zero-order chi connectivity index (χ0) is 22.3. The lowest BCUT2D eigenvalue weighted by Gasteiger charge is -2.30. The Bertz CT molecular complexity index is 999. The number of methoxy groups -OCH3 is 1. The lowest BCUT2D eigenvalue weighted by Crippen LogP contribution is -2.44. The van der Waals surface area contributed by atoms with Gasteiger partial charge in [-0.3, -0.25) is 9.69 Å². The van der Waals surface area contributed by atoms with Crippen molar-refractivity contribution in [3.63, 3.8) is 0 Å². The number of nitrogens with one attached hydrogen (secondary N) is 1. The minimum Gasteiger partial charge on any atom is -0.493 e. The maximum absolute atomic E-state index is 12.7. The standard InChI is InChI=1S/C23H28N4O4S/c1-16(15-30-19-7-4-3-6-18(19)29-2)24-23(28)17-9-11-27(12-10-17)14-21-25-22(26-31-21)20-8-5-13-32-20/h3-8,13,16-17H,9-12,14-15H2,1-2H3,(H,24,28). The maximum Gasteiger partial charge on any atom is 0.241 e. The molecule has 0 bridgehead atoms. The number of benzene rings is 1. The molecule has 0 aliphatic carbocycles. The summed E-state index contributed by atoms with van der Waals surface area (Å²) in [5, 5.41) is 9.13. The van der Waals surface area contributed by atoms with Gasteiger partial charge in [-0.2, -0.15) is 4.98 Å². The highest BCUT2D eigenvalue weighted by Crippen LogP contribution is 2.26. The molecular weight excluding hydrogens is 428 g/mol. The second kappa shape index (κ2) is 10.6. The van der Waals surface area contributed by atoms with E-state index in [4.69, 9.17) is 14.0 Å². The van der Waals surface area contributed by atoms with Gasteiger partial charge in [0, 0.05) is 5.92 Å². The lowest BCUT2D eigenvalue weighted by molar-refractivity contribution is -0.127. The summed E-state index contributed by atoms with van der Waals surface area (Å²) >= 11 is 1.59. The summed E-state index contributed by atoms with van der Waals surface area (Å²) in [6.07, 6.45) is 1.61. The molecule has 1 unspecified atom stereocenters. The van der Waals surface area contributed by atoms with E-state index in [0.717, 1.165) is 30.8 Å². The second-order valence-corrected chi connectivity index (χ2v) is 8.86. The fourth-order valence-electron chi connectivity index (χ4n) is 3.72. The number of hydrogen-bond donors (Lipinski definition) is 1. The molecule has 2 aromatic heterocycles. The summed E-state index contributed by atoms with van der Waals surface area (Å²) in [6.45, 7) is 4.58. The molecule has 32 heavy (non-hydrogen) atoms. The number of piperidine rings is 1. The molecule has 8 nitrogen and oxygen atoms in total. The molecule has 1 fully saturated rings. The third-order valence-electron chi connectivity index (χ3n) is 5.47. The van der Waals surface area contributed by atoms with Crippen LogP contribution < -0.4 is 14.8 Å². The van der Waals surface area contributed by atoms with E-state index in [-0.39, 0.29) is 17.9 Å². The van der Waals surface area contributed by atoms with Crippen LogP contribution in [-0.2, 0) is 11.3 Å². The summed E-state index contributed by atoms with van der Waals surface area (Å²) in [5.41, 5.74) is 0. The van der Waals surface area contributed by atoms with Crippen molar-refractivity contribution in [1.82, 2.24) is 20.4 Å². The van der Waals surface area contributed by atoms with E-state index in [1.807, 2.05) is 48.7 Å². The van der Waals surface area contributed by atoms with Crippen LogP contribution in [-0.4, -0.2) is 53.8 Å². The number of amides is 1. The number of para-hydroxylation sites is 2. The van der Waals surface area contributed by atoms with Gasteiger partial charge in [0.1, 0.15) is 6.61 Å². The first-order valence-electron chi connectivity index (χ1n) is 10.8. The fourth-order valence-corrected chi connectivity index (χ4v) is 4.37. The number of rotatable bonds is 9. The van der Waals surface area contributed by atoms with E-state index in [2.05, 4.69) is 20.4 Å². The first-order chi connectivity index (χ1) is 15.6. The number of ether oxygens (including phenoxy) is 2. The SMILES string of the molecule is COc1ccccc1OCC(C)NC(=O)C1CCN(Cc2nc(-c3cccs3)no2)CC1. The summed E-state index contributed by atoms with van der Waals surface area (Å²) in [6, 6.07) is 11.3. The van der Waals surface area contributed by atoms with Crippen molar-refractivity contribution in [2.45, 2.75) is 32.4 Å². The van der Waals surface area contributed by atoms with Crippen LogP contribution in [0.3, 0.4) is 0 Å². The molecule has 1 N–H and O–H groups in total. The summed E-state index contributed by atoms with van der Waals surface area (Å²) in [5.74, 6) is 2.68. The molecule has 1 saturated heterocycles. The molecule has 4 rings (SSSR count). The van der Waals surface area contributed by atoms with Gasteiger partial charge in [-0.1, -0.05) is 23.4 Å². The average molecular weight is 457 g/mol. The predicted octanol–water partition coefficient (Wildman–Crippen LogP) is 3.60. The number of aromatic nitrogens is 2. The summed E-state index contributed by atoms with van der Waals surface area (Å²) in [4.78, 5) is 20.4. The Hall–Kier alpha value is -2.91. The van der Waals surface area contributed by atoms with Crippen molar-refractivity contribution in [1.29, 1.82) is 0 Å². The Morgan fingerprint density at radius 1 is 1.25 bits per heavy atom. The van der Waals surface area contributed by atoms with Crippen LogP contribution >= 0.6 is 11.3 Å². The molecule has 9 heteroatoms. The fraction of sp³-hybridized carbons (Fsp3) is 0.435. The molecule has 0 spiro atoms. The van der Waals surface area contributed by atoms with Crippen LogP contribution in [0.1, 0.15) is 25.7 Å². The van der Waals surface area contributed by atoms with E-state index in [9.17, 15) is 4.79 Å². The molecular formula is C23H28N4O4S. The molecule has 3 aromatic rings. The third-order valence-corrected chi connectivity index (χ3v) is 6.34. The van der Waals surface area contributed by atoms with E-state index in [1.54, 1.807) is 18.4 Å². The minimum absolute atomic E-state index is 0.00401. The Labute approximate surface area is 191 Å². The quantitative estimate of drug-likeness (QED) is 0.526. The molecule has 1 aliphatic heterocycles. The van der Waals surface area contributed by atoms with Crippen molar-refractivity contribution in [3.8, 4) is 22.2 Å². The highest BCUT2D eigenvalue weighted by atomic mass is 32.1. The number of thiophene rings is 1. The third kappa shape index (κ3) is 5.66. The van der Waals surface area contributed by atoms with Gasteiger partial charge in [-0.05, 0) is 56.4 Å². The van der Waals surface area contributed by atoms with Crippen molar-refractivity contribution in [3.05, 3.63) is 47.7 Å². The smallest absolute Gasteiger partial charge is 0.241 e. The van der Waals surface area contributed by atoms with Crippen LogP contribution in [0, 0.1) is 5.92 Å². The lowest BCUT2D eigenvalue weighted by atomic mass is 9.95. The molecule has 3 heterocycles. The Kier molecular flexibility index (Phi) is 7.39. The molecule has 1 aromatic carbocycles. The van der Waals surface area contributed by atoms with Gasteiger partial charge in [-0.25, -0.2) is 0 Å². The Balaban J connectivity index is 1.19. The van der Waals surface area contributed by atoms with Gasteiger partial charge in [0.25, 0.3) is 0 Å². The van der Waals surface area contributed by atoms with E-state index < -0.39 is 0 Å². The van der Waals surface area contributed by atoms with E-state index in [0.29, 0.717) is 36.4 Å². The van der Waals surface area contributed by atoms with Crippen LogP contribution in [0.25, 0.3) is 10.7 Å². The first kappa shape index (κ1) is 22.3. The van der Waals surface area contributed by atoms with Crippen LogP contribution in [0.15, 0.2) is 46.3 Å². The van der Waals surface area contributed by atoms with Crippen LogP contribution in [0.5, 0.6) is 11.5 Å². The Morgan fingerprint density at radius 2 is 2.03 bits per heavy atom. The molecule has 1 atom stereocenters. The van der Waals surface area contributed by atoms with Crippen molar-refractivity contribution in [2.75, 3.05) is 26.8 Å². The predicted molar refractivity (Wildman–Crippen MR) is 122 cm³/mol. The maximum atomic E-state index is 12.7. The van der Waals surface area contributed by atoms with Crippen LogP contribution in [0.2, 0.25) is 0 Å². The monoisotopic (exact) mass is 456 g/mol. The largest absolute Gasteiger partial charge is 0.493 e. The first-order valence-corrected chi connectivity index (χ1v) is 11.7. The van der Waals surface area contributed by atoms with Gasteiger partial charge in [-0.15, -0.1) is 11.3 Å². The summed E-state index contributed by atoms with van der Waals surface area (Å²) < 4.78 is 16.5. The number of likely N-dealkylation sites (tertiary alicyclic amines) is 1. The molecule has 1 amide bonds. The number of nitrogens with zero attached hydrogens (tertiary/aromatic N) is 3. The van der Waals surface area contributed by atoms with Crippen molar-refractivity contribution in [2.24, 2.45) is 5.92 Å². The van der Waals surface area contributed by atoms with Gasteiger partial charge >= 0.3 is 0 Å². The topological polar surface area (TPSA) is 89.7 Å². The normalized spacial score (nSPS) is 15.9. The molecule has 1 aliphatic rings. The highest BCUT2D eigenvalue weighted by molar-refractivity contribution is 7.13. The molecule has 170 valence electrons. The second-order valence-electron chi connectivity index (χ2n) is 7.91. The van der Waals surface area contributed by atoms with Gasteiger partial charge in [0.15, 0.2) is 11.5 Å².